The number of nitrogens with one attached hydrogen (secondary N) is 1. The zero-order valence-electron chi connectivity index (χ0n) is 9.86. The summed E-state index contributed by atoms with van der Waals surface area (Å²) in [5, 5.41) is 7.37. The lowest BCUT2D eigenvalue weighted by Gasteiger charge is -2.00. The average Bonchev–Trinajstić information content (AvgIpc) is 2.79. The summed E-state index contributed by atoms with van der Waals surface area (Å²) in [5.74, 6) is -0.0658. The molecule has 0 unspecified atom stereocenters. The van der Waals surface area contributed by atoms with E-state index in [0.29, 0.717) is 6.42 Å². The molecule has 0 saturated carbocycles. The van der Waals surface area contributed by atoms with Gasteiger partial charge in [-0.1, -0.05) is 25.1 Å². The number of nitrogens with zero attached hydrogens (tertiary/aromatic N) is 1. The number of amides is 1. The van der Waals surface area contributed by atoms with Crippen molar-refractivity contribution in [3.8, 4) is 0 Å². The summed E-state index contributed by atoms with van der Waals surface area (Å²) in [5.41, 5.74) is 4.46. The summed E-state index contributed by atoms with van der Waals surface area (Å²) in [6.07, 6.45) is 0.446. The van der Waals surface area contributed by atoms with Gasteiger partial charge in [0, 0.05) is 27.5 Å². The van der Waals surface area contributed by atoms with Gasteiger partial charge in [-0.15, -0.1) is 11.3 Å². The SMILES string of the molecule is CCC(=O)N/N=C(\C)c1csc2ccccc12. The number of carbonyl (C=O) groups is 1. The zero-order valence-corrected chi connectivity index (χ0v) is 10.7. The molecule has 0 saturated heterocycles. The molecule has 1 N–H and O–H groups in total. The topological polar surface area (TPSA) is 41.5 Å². The van der Waals surface area contributed by atoms with E-state index in [1.165, 1.54) is 10.1 Å². The van der Waals surface area contributed by atoms with Crippen LogP contribution in [-0.2, 0) is 4.79 Å². The van der Waals surface area contributed by atoms with Crippen molar-refractivity contribution in [2.75, 3.05) is 0 Å². The molecular formula is C13H14N2OS. The van der Waals surface area contributed by atoms with Crippen molar-refractivity contribution in [2.24, 2.45) is 5.10 Å². The third-order valence-corrected chi connectivity index (χ3v) is 3.50. The molecule has 88 valence electrons. The second-order valence-corrected chi connectivity index (χ2v) is 4.64. The molecule has 4 heteroatoms. The minimum absolute atomic E-state index is 0.0658. The first-order chi connectivity index (χ1) is 8.22. The second-order valence-electron chi connectivity index (χ2n) is 3.73. The number of hydrogen-bond acceptors (Lipinski definition) is 3. The number of rotatable bonds is 3. The summed E-state index contributed by atoms with van der Waals surface area (Å²) in [6, 6.07) is 8.19. The van der Waals surface area contributed by atoms with E-state index < -0.39 is 0 Å². The molecule has 1 aromatic carbocycles. The highest BCUT2D eigenvalue weighted by atomic mass is 32.1. The molecule has 0 fully saturated rings. The molecule has 0 radical (unpaired) electrons. The van der Waals surface area contributed by atoms with E-state index in [4.69, 9.17) is 0 Å². The number of carbonyl (C=O) groups excluding carboxylic acids is 1. The molecule has 0 aliphatic heterocycles. The molecule has 3 nitrogen and oxygen atoms in total. The summed E-state index contributed by atoms with van der Waals surface area (Å²) < 4.78 is 1.24. The lowest BCUT2D eigenvalue weighted by molar-refractivity contribution is -0.120. The van der Waals surface area contributed by atoms with Crippen LogP contribution < -0.4 is 5.43 Å². The largest absolute Gasteiger partial charge is 0.273 e. The molecule has 0 spiro atoms. The van der Waals surface area contributed by atoms with E-state index >= 15 is 0 Å². The van der Waals surface area contributed by atoms with Crippen molar-refractivity contribution in [3.63, 3.8) is 0 Å². The van der Waals surface area contributed by atoms with E-state index in [-0.39, 0.29) is 5.91 Å². The quantitative estimate of drug-likeness (QED) is 0.656. The fourth-order valence-electron chi connectivity index (χ4n) is 1.54. The Hall–Kier alpha value is -1.68. The molecule has 0 bridgehead atoms. The second kappa shape index (κ2) is 5.10. The first-order valence-corrected chi connectivity index (χ1v) is 6.40. The molecule has 0 atom stereocenters. The number of benzene rings is 1. The average molecular weight is 246 g/mol. The highest BCUT2D eigenvalue weighted by Gasteiger charge is 2.06. The van der Waals surface area contributed by atoms with Crippen LogP contribution in [0, 0.1) is 0 Å². The number of hydrogen-bond donors (Lipinski definition) is 1. The maximum Gasteiger partial charge on any atom is 0.239 e. The van der Waals surface area contributed by atoms with Crippen molar-refractivity contribution in [2.45, 2.75) is 20.3 Å². The van der Waals surface area contributed by atoms with Crippen molar-refractivity contribution in [1.82, 2.24) is 5.43 Å². The molecule has 1 amide bonds. The smallest absolute Gasteiger partial charge is 0.239 e. The van der Waals surface area contributed by atoms with Gasteiger partial charge in [0.1, 0.15) is 0 Å². The molecule has 0 aliphatic rings. The highest BCUT2D eigenvalue weighted by Crippen LogP contribution is 2.25. The van der Waals surface area contributed by atoms with Crippen LogP contribution in [0.15, 0.2) is 34.7 Å². The minimum Gasteiger partial charge on any atom is -0.273 e. The highest BCUT2D eigenvalue weighted by molar-refractivity contribution is 7.17. The Bertz CT molecular complexity index is 572. The summed E-state index contributed by atoms with van der Waals surface area (Å²) in [4.78, 5) is 11.1. The van der Waals surface area contributed by atoms with E-state index in [1.807, 2.05) is 19.1 Å². The number of thiophene rings is 1. The predicted octanol–water partition coefficient (Wildman–Crippen LogP) is 3.15. The van der Waals surface area contributed by atoms with Gasteiger partial charge in [-0.3, -0.25) is 4.79 Å². The van der Waals surface area contributed by atoms with Gasteiger partial charge in [-0.05, 0) is 13.0 Å². The van der Waals surface area contributed by atoms with Gasteiger partial charge in [0.15, 0.2) is 0 Å². The third-order valence-electron chi connectivity index (χ3n) is 2.54. The van der Waals surface area contributed by atoms with Crippen LogP contribution in [0.3, 0.4) is 0 Å². The number of hydrazone groups is 1. The van der Waals surface area contributed by atoms with Crippen LogP contribution in [0.25, 0.3) is 10.1 Å². The van der Waals surface area contributed by atoms with Gasteiger partial charge in [0.25, 0.3) is 0 Å². The van der Waals surface area contributed by atoms with Crippen LogP contribution in [0.4, 0.5) is 0 Å². The molecule has 0 aliphatic carbocycles. The Balaban J connectivity index is 2.30. The molecular weight excluding hydrogens is 232 g/mol. The Morgan fingerprint density at radius 3 is 2.94 bits per heavy atom. The normalized spacial score (nSPS) is 11.8. The Kier molecular flexibility index (Phi) is 3.54. The lowest BCUT2D eigenvalue weighted by atomic mass is 10.1. The van der Waals surface area contributed by atoms with Crippen molar-refractivity contribution < 1.29 is 4.79 Å². The van der Waals surface area contributed by atoms with Gasteiger partial charge in [0.05, 0.1) is 5.71 Å². The first kappa shape index (κ1) is 11.8. The van der Waals surface area contributed by atoms with Crippen molar-refractivity contribution in [3.05, 3.63) is 35.2 Å². The maximum atomic E-state index is 11.1. The Labute approximate surface area is 104 Å². The molecule has 1 aromatic heterocycles. The molecule has 2 rings (SSSR count). The van der Waals surface area contributed by atoms with Crippen LogP contribution in [0.2, 0.25) is 0 Å². The minimum atomic E-state index is -0.0658. The first-order valence-electron chi connectivity index (χ1n) is 5.52. The third kappa shape index (κ3) is 2.53. The van der Waals surface area contributed by atoms with E-state index in [1.54, 1.807) is 18.3 Å². The maximum absolute atomic E-state index is 11.1. The van der Waals surface area contributed by atoms with Gasteiger partial charge >= 0.3 is 0 Å². The lowest BCUT2D eigenvalue weighted by Crippen LogP contribution is -2.17. The molecule has 2 aromatic rings. The fourth-order valence-corrected chi connectivity index (χ4v) is 2.55. The van der Waals surface area contributed by atoms with Gasteiger partial charge in [-0.25, -0.2) is 5.43 Å². The summed E-state index contributed by atoms with van der Waals surface area (Å²) in [7, 11) is 0. The molecule has 17 heavy (non-hydrogen) atoms. The fraction of sp³-hybridized carbons (Fsp3) is 0.231. The van der Waals surface area contributed by atoms with Crippen molar-refractivity contribution in [1.29, 1.82) is 0 Å². The van der Waals surface area contributed by atoms with Gasteiger partial charge < -0.3 is 0 Å². The van der Waals surface area contributed by atoms with Gasteiger partial charge in [0.2, 0.25) is 5.91 Å². The Morgan fingerprint density at radius 2 is 2.18 bits per heavy atom. The van der Waals surface area contributed by atoms with Crippen LogP contribution in [0.1, 0.15) is 25.8 Å². The predicted molar refractivity (Wildman–Crippen MR) is 72.5 cm³/mol. The molecule has 1 heterocycles. The van der Waals surface area contributed by atoms with E-state index in [2.05, 4.69) is 28.0 Å². The summed E-state index contributed by atoms with van der Waals surface area (Å²) >= 11 is 1.69. The zero-order chi connectivity index (χ0) is 12.3. The van der Waals surface area contributed by atoms with Crippen LogP contribution in [0.5, 0.6) is 0 Å². The standard InChI is InChI=1S/C13H14N2OS/c1-3-13(16)15-14-9(2)11-8-17-12-7-5-4-6-10(11)12/h4-8H,3H2,1-2H3,(H,15,16)/b14-9+. The van der Waals surface area contributed by atoms with Gasteiger partial charge in [-0.2, -0.15) is 5.10 Å². The van der Waals surface area contributed by atoms with Crippen LogP contribution >= 0.6 is 11.3 Å². The van der Waals surface area contributed by atoms with Crippen LogP contribution in [-0.4, -0.2) is 11.6 Å². The monoisotopic (exact) mass is 246 g/mol. The van der Waals surface area contributed by atoms with E-state index in [9.17, 15) is 4.79 Å². The Morgan fingerprint density at radius 1 is 1.41 bits per heavy atom. The van der Waals surface area contributed by atoms with Crippen molar-refractivity contribution >= 4 is 33.0 Å². The number of fused-ring (bicyclic) bond motifs is 1. The van der Waals surface area contributed by atoms with E-state index in [0.717, 1.165) is 11.3 Å². The summed E-state index contributed by atoms with van der Waals surface area (Å²) in [6.45, 7) is 3.71.